The van der Waals surface area contributed by atoms with E-state index in [1.54, 1.807) is 0 Å². The Morgan fingerprint density at radius 3 is 1.71 bits per heavy atom. The third kappa shape index (κ3) is 6.20. The predicted molar refractivity (Wildman–Crippen MR) is 204 cm³/mol. The third-order valence-corrected chi connectivity index (χ3v) is 9.80. The lowest BCUT2D eigenvalue weighted by atomic mass is 9.77. The van der Waals surface area contributed by atoms with Crippen LogP contribution in [0.25, 0.3) is 22.5 Å². The zero-order valence-electron chi connectivity index (χ0n) is 29.4. The van der Waals surface area contributed by atoms with E-state index >= 15 is 0 Å². The summed E-state index contributed by atoms with van der Waals surface area (Å²) in [7, 11) is 0. The minimum absolute atomic E-state index is 0.0112. The third-order valence-electron chi connectivity index (χ3n) is 9.80. The second kappa shape index (κ2) is 14.9. The number of hydrogen-bond donors (Lipinski definition) is 0. The van der Waals surface area contributed by atoms with Crippen LogP contribution in [0.4, 0.5) is 0 Å². The van der Waals surface area contributed by atoms with Crippen LogP contribution in [0.5, 0.6) is 0 Å². The number of tetrazole rings is 1. The first kappa shape index (κ1) is 33.5. The van der Waals surface area contributed by atoms with Crippen LogP contribution in [0.15, 0.2) is 156 Å². The van der Waals surface area contributed by atoms with Crippen molar-refractivity contribution < 1.29 is 4.79 Å². The van der Waals surface area contributed by atoms with Gasteiger partial charge in [-0.25, -0.2) is 9.67 Å². The van der Waals surface area contributed by atoms with Crippen molar-refractivity contribution in [2.45, 2.75) is 58.5 Å². The van der Waals surface area contributed by atoms with Gasteiger partial charge in [0.1, 0.15) is 17.1 Å². The van der Waals surface area contributed by atoms with Crippen molar-refractivity contribution in [1.82, 2.24) is 25.1 Å². The fourth-order valence-corrected chi connectivity index (χ4v) is 7.26. The van der Waals surface area contributed by atoms with Gasteiger partial charge in [0.15, 0.2) is 5.82 Å². The summed E-state index contributed by atoms with van der Waals surface area (Å²) in [5, 5.41) is 13.8. The maximum absolute atomic E-state index is 13.6. The van der Waals surface area contributed by atoms with E-state index in [1.165, 1.54) is 0 Å². The number of benzene rings is 5. The minimum Gasteiger partial charge on any atom is -0.290 e. The largest absolute Gasteiger partial charge is 0.290 e. The maximum Gasteiger partial charge on any atom is 0.278 e. The smallest absolute Gasteiger partial charge is 0.278 e. The molecule has 1 aliphatic rings. The van der Waals surface area contributed by atoms with E-state index in [2.05, 4.69) is 135 Å². The molecule has 0 aliphatic carbocycles. The number of carbonyl (C=O) groups is 1. The van der Waals surface area contributed by atoms with E-state index in [-0.39, 0.29) is 5.91 Å². The number of amidine groups is 1. The highest BCUT2D eigenvalue weighted by molar-refractivity contribution is 6.12. The molecule has 2 heterocycles. The van der Waals surface area contributed by atoms with E-state index in [9.17, 15) is 4.79 Å². The number of nitrogens with zero attached hydrogens (tertiary/aromatic N) is 6. The summed E-state index contributed by atoms with van der Waals surface area (Å²) in [5.41, 5.74) is 8.02. The second-order valence-corrected chi connectivity index (χ2v) is 12.8. The predicted octanol–water partition coefficient (Wildman–Crippen LogP) is 9.46. The number of hydrogen-bond acceptors (Lipinski definition) is 5. The molecule has 1 aliphatic heterocycles. The van der Waals surface area contributed by atoms with Crippen molar-refractivity contribution in [2.24, 2.45) is 4.99 Å². The molecule has 6 aromatic rings. The molecule has 1 amide bonds. The number of amides is 1. The monoisotopic (exact) mass is 670 g/mol. The molecule has 0 atom stereocenters. The molecule has 7 nitrogen and oxygen atoms in total. The molecule has 0 fully saturated rings. The number of aliphatic imine (C=N–C) groups is 1. The molecule has 0 bridgehead atoms. The molecule has 0 N–H and O–H groups in total. The summed E-state index contributed by atoms with van der Waals surface area (Å²) in [4.78, 5) is 20.3. The quantitative estimate of drug-likeness (QED) is 0.0960. The van der Waals surface area contributed by atoms with Gasteiger partial charge >= 0.3 is 0 Å². The second-order valence-electron chi connectivity index (χ2n) is 12.8. The number of aromatic nitrogens is 4. The molecule has 5 aromatic carbocycles. The van der Waals surface area contributed by atoms with Crippen LogP contribution in [0.3, 0.4) is 0 Å². The van der Waals surface area contributed by atoms with Gasteiger partial charge in [-0.3, -0.25) is 9.69 Å². The van der Waals surface area contributed by atoms with Crippen molar-refractivity contribution in [2.75, 3.05) is 0 Å². The van der Waals surface area contributed by atoms with Crippen molar-refractivity contribution >= 4 is 11.7 Å². The Kier molecular flexibility index (Phi) is 9.79. The van der Waals surface area contributed by atoms with Gasteiger partial charge in [0, 0.05) is 12.0 Å². The fraction of sp³-hybridized carbons (Fsp3) is 0.205. The summed E-state index contributed by atoms with van der Waals surface area (Å²) >= 11 is 0. The van der Waals surface area contributed by atoms with E-state index < -0.39 is 5.54 Å². The lowest BCUT2D eigenvalue weighted by molar-refractivity contribution is -0.123. The highest BCUT2D eigenvalue weighted by Crippen LogP contribution is 2.43. The zero-order chi connectivity index (χ0) is 35.2. The summed E-state index contributed by atoms with van der Waals surface area (Å²) in [6.45, 7) is 6.79. The molecule has 0 saturated heterocycles. The van der Waals surface area contributed by atoms with Gasteiger partial charge in [-0.1, -0.05) is 160 Å². The van der Waals surface area contributed by atoms with Crippen LogP contribution >= 0.6 is 0 Å². The summed E-state index contributed by atoms with van der Waals surface area (Å²) in [6, 6.07) is 48.0. The first-order valence-electron chi connectivity index (χ1n) is 17.9. The topological polar surface area (TPSA) is 76.3 Å². The van der Waals surface area contributed by atoms with E-state index in [0.717, 1.165) is 76.0 Å². The van der Waals surface area contributed by atoms with E-state index in [1.807, 2.05) is 39.9 Å². The highest BCUT2D eigenvalue weighted by atomic mass is 16.2. The average Bonchev–Trinajstić information content (AvgIpc) is 3.79. The Morgan fingerprint density at radius 2 is 1.18 bits per heavy atom. The van der Waals surface area contributed by atoms with Crippen molar-refractivity contribution in [3.8, 4) is 22.5 Å². The first-order valence-corrected chi connectivity index (χ1v) is 17.9. The van der Waals surface area contributed by atoms with Crippen molar-refractivity contribution in [3.05, 3.63) is 173 Å². The summed E-state index contributed by atoms with van der Waals surface area (Å²) < 4.78 is 1.97. The lowest BCUT2D eigenvalue weighted by Gasteiger charge is -2.36. The average molecular weight is 671 g/mol. The molecule has 7 heteroatoms. The van der Waals surface area contributed by atoms with Gasteiger partial charge < -0.3 is 0 Å². The normalized spacial score (nSPS) is 13.1. The zero-order valence-corrected chi connectivity index (χ0v) is 29.4. The van der Waals surface area contributed by atoms with Gasteiger partial charge in [-0.05, 0) is 68.6 Å². The summed E-state index contributed by atoms with van der Waals surface area (Å²) in [6.07, 6.45) is 3.36. The molecule has 7 rings (SSSR count). The molecular formula is C44H42N6O. The van der Waals surface area contributed by atoms with Crippen LogP contribution in [-0.4, -0.2) is 36.8 Å². The molecule has 0 unspecified atom stereocenters. The Bertz CT molecular complexity index is 2070. The number of allylic oxidation sites excluding steroid dienone is 1. The van der Waals surface area contributed by atoms with Gasteiger partial charge in [0.05, 0.1) is 6.54 Å². The Morgan fingerprint density at radius 1 is 0.647 bits per heavy atom. The van der Waals surface area contributed by atoms with Gasteiger partial charge in [0.2, 0.25) is 0 Å². The van der Waals surface area contributed by atoms with Crippen LogP contribution in [-0.2, 0) is 16.9 Å². The Hall–Kier alpha value is -5.95. The fourth-order valence-electron chi connectivity index (χ4n) is 7.26. The molecule has 1 aromatic heterocycles. The Balaban J connectivity index is 1.30. The lowest BCUT2D eigenvalue weighted by Crippen LogP contribution is -2.39. The Labute approximate surface area is 300 Å². The molecule has 0 radical (unpaired) electrons. The van der Waals surface area contributed by atoms with Crippen molar-refractivity contribution in [1.29, 1.82) is 0 Å². The maximum atomic E-state index is 13.6. The first-order chi connectivity index (χ1) is 25.1. The van der Waals surface area contributed by atoms with Crippen LogP contribution < -0.4 is 0 Å². The summed E-state index contributed by atoms with van der Waals surface area (Å²) in [5.74, 6) is 1.52. The number of rotatable bonds is 12. The van der Waals surface area contributed by atoms with Gasteiger partial charge in [0.25, 0.3) is 5.91 Å². The SMILES string of the molecule is CCCC1=NC(=C(CC)CC)C(=O)N1Cc1ccc(-c2ccccc2-c2nnnn2C(c2ccccc2)(c2ccccc2)c2ccccc2)cc1. The van der Waals surface area contributed by atoms with Crippen LogP contribution in [0, 0.1) is 0 Å². The molecule has 51 heavy (non-hydrogen) atoms. The number of carbonyl (C=O) groups excluding carboxylic acids is 1. The molecule has 0 saturated carbocycles. The van der Waals surface area contributed by atoms with Gasteiger partial charge in [-0.15, -0.1) is 5.10 Å². The molecular weight excluding hydrogens is 629 g/mol. The van der Waals surface area contributed by atoms with E-state index in [4.69, 9.17) is 15.3 Å². The minimum atomic E-state index is -0.859. The van der Waals surface area contributed by atoms with Gasteiger partial charge in [-0.2, -0.15) is 0 Å². The van der Waals surface area contributed by atoms with Crippen LogP contribution in [0.2, 0.25) is 0 Å². The highest BCUT2D eigenvalue weighted by Gasteiger charge is 2.42. The van der Waals surface area contributed by atoms with Crippen LogP contribution in [0.1, 0.15) is 68.7 Å². The molecule has 0 spiro atoms. The van der Waals surface area contributed by atoms with E-state index in [0.29, 0.717) is 18.1 Å². The van der Waals surface area contributed by atoms with Crippen molar-refractivity contribution in [3.63, 3.8) is 0 Å². The standard InChI is InChI=1S/C44H42N6O/c1-4-18-40-45-41(33(5-2)6-3)43(51)49(40)31-32-27-29-34(30-28-32)38-25-16-17-26-39(38)42-46-47-48-50(42)44(35-19-10-7-11-20-35,36-21-12-8-13-22-36)37-23-14-9-15-24-37/h7-17,19-30H,4-6,18,31H2,1-3H3. The molecule has 254 valence electrons.